The number of fused-ring (bicyclic) bond motifs is 2. The van der Waals surface area contributed by atoms with Gasteiger partial charge in [-0.1, -0.05) is 0 Å². The fourth-order valence-electron chi connectivity index (χ4n) is 2.56. The Morgan fingerprint density at radius 1 is 1.19 bits per heavy atom. The van der Waals surface area contributed by atoms with Crippen LogP contribution in [0, 0.1) is 5.92 Å². The van der Waals surface area contributed by atoms with Gasteiger partial charge in [0.05, 0.1) is 6.42 Å². The van der Waals surface area contributed by atoms with Crippen molar-refractivity contribution in [1.29, 1.82) is 0 Å². The van der Waals surface area contributed by atoms with E-state index in [4.69, 9.17) is 15.9 Å². The number of nitrogens with one attached hydrogen (secondary N) is 1. The van der Waals surface area contributed by atoms with E-state index in [9.17, 15) is 14.4 Å². The van der Waals surface area contributed by atoms with E-state index in [2.05, 4.69) is 10.2 Å². The number of carbonyl (C=O) groups is 3. The smallest absolute Gasteiger partial charge is 0.321 e. The normalized spacial score (nSPS) is 27.8. The maximum Gasteiger partial charge on any atom is 0.321 e. The van der Waals surface area contributed by atoms with Crippen LogP contribution >= 0.6 is 0 Å². The summed E-state index contributed by atoms with van der Waals surface area (Å²) < 4.78 is 0. The lowest BCUT2D eigenvalue weighted by Crippen LogP contribution is -2.67. The summed E-state index contributed by atoms with van der Waals surface area (Å²) in [5, 5.41) is 19.5. The third-order valence-electron chi connectivity index (χ3n) is 3.87. The molecule has 4 aliphatic rings. The Bertz CT molecular complexity index is 422. The third kappa shape index (κ3) is 4.40. The predicted molar refractivity (Wildman–Crippen MR) is 72.5 cm³/mol. The van der Waals surface area contributed by atoms with Gasteiger partial charge in [-0.05, 0) is 19.3 Å². The predicted octanol–water partition coefficient (Wildman–Crippen LogP) is -1.16. The lowest BCUT2D eigenvalue weighted by atomic mass is 9.91. The van der Waals surface area contributed by atoms with Crippen molar-refractivity contribution in [1.82, 2.24) is 10.2 Å². The average Bonchev–Trinajstić information content (AvgIpc) is 3.21. The molecule has 118 valence electrons. The number of piperazine rings is 1. The zero-order chi connectivity index (χ0) is 15.6. The first-order valence-electron chi connectivity index (χ1n) is 7.11. The highest BCUT2D eigenvalue weighted by molar-refractivity contribution is 5.81. The molecule has 4 fully saturated rings. The number of piperidine rings is 1. The molecule has 8 heteroatoms. The maximum absolute atomic E-state index is 11.6. The molecule has 1 saturated carbocycles. The van der Waals surface area contributed by atoms with E-state index < -0.39 is 24.4 Å². The van der Waals surface area contributed by atoms with Gasteiger partial charge in [-0.2, -0.15) is 0 Å². The van der Waals surface area contributed by atoms with Crippen LogP contribution in [0.1, 0.15) is 25.7 Å². The third-order valence-corrected chi connectivity index (χ3v) is 3.87. The van der Waals surface area contributed by atoms with Crippen molar-refractivity contribution in [2.24, 2.45) is 11.7 Å². The fraction of sp³-hybridized carbons (Fsp3) is 0.769. The van der Waals surface area contributed by atoms with Crippen molar-refractivity contribution < 1.29 is 24.6 Å². The topological polar surface area (TPSA) is 133 Å². The molecule has 0 radical (unpaired) electrons. The second kappa shape index (κ2) is 6.40. The van der Waals surface area contributed by atoms with Gasteiger partial charge in [0.1, 0.15) is 6.04 Å². The molecule has 2 bridgehead atoms. The molecule has 2 unspecified atom stereocenters. The van der Waals surface area contributed by atoms with Crippen molar-refractivity contribution in [3.63, 3.8) is 0 Å². The first-order chi connectivity index (χ1) is 9.86. The van der Waals surface area contributed by atoms with E-state index in [-0.39, 0.29) is 0 Å². The molecule has 3 saturated heterocycles. The van der Waals surface area contributed by atoms with Crippen LogP contribution in [0.15, 0.2) is 0 Å². The molecule has 0 aromatic rings. The maximum atomic E-state index is 11.6. The molecule has 0 aromatic heterocycles. The Balaban J connectivity index is 0.000000163. The molecule has 0 aromatic carbocycles. The Hall–Kier alpha value is -1.67. The lowest BCUT2D eigenvalue weighted by Gasteiger charge is -2.48. The SMILES string of the molecule is N[C@@H](CC(=O)O)C(=O)O.O=C(C1CC1)N1CC2CC(C1)N2. The van der Waals surface area contributed by atoms with Crippen molar-refractivity contribution in [3.8, 4) is 0 Å². The van der Waals surface area contributed by atoms with Gasteiger partial charge in [0.2, 0.25) is 5.91 Å². The number of nitrogens with zero attached hydrogens (tertiary/aromatic N) is 1. The molecule has 5 N–H and O–H groups in total. The average molecular weight is 299 g/mol. The number of aliphatic carboxylic acids is 2. The van der Waals surface area contributed by atoms with Crippen molar-refractivity contribution >= 4 is 17.8 Å². The molecule has 1 aliphatic carbocycles. The highest BCUT2D eigenvalue weighted by Crippen LogP contribution is 2.33. The van der Waals surface area contributed by atoms with Crippen molar-refractivity contribution in [2.45, 2.75) is 43.8 Å². The minimum atomic E-state index is -1.29. The minimum Gasteiger partial charge on any atom is -0.481 e. The highest BCUT2D eigenvalue weighted by atomic mass is 16.4. The molecular weight excluding hydrogens is 278 g/mol. The Labute approximate surface area is 122 Å². The van der Waals surface area contributed by atoms with Gasteiger partial charge >= 0.3 is 11.9 Å². The summed E-state index contributed by atoms with van der Waals surface area (Å²) in [6.07, 6.45) is 3.03. The fourth-order valence-corrected chi connectivity index (χ4v) is 2.56. The van der Waals surface area contributed by atoms with E-state index in [0.717, 1.165) is 25.9 Å². The van der Waals surface area contributed by atoms with E-state index in [1.54, 1.807) is 0 Å². The van der Waals surface area contributed by atoms with Crippen LogP contribution in [0.25, 0.3) is 0 Å². The van der Waals surface area contributed by atoms with Gasteiger partial charge in [0.25, 0.3) is 0 Å². The molecule has 21 heavy (non-hydrogen) atoms. The molecule has 3 heterocycles. The Kier molecular flexibility index (Phi) is 4.79. The van der Waals surface area contributed by atoms with Crippen LogP contribution in [0.4, 0.5) is 0 Å². The molecule has 1 amide bonds. The van der Waals surface area contributed by atoms with E-state index in [1.807, 2.05) is 0 Å². The quantitative estimate of drug-likeness (QED) is 0.514. The summed E-state index contributed by atoms with van der Waals surface area (Å²) in [7, 11) is 0. The van der Waals surface area contributed by atoms with Crippen molar-refractivity contribution in [2.75, 3.05) is 13.1 Å². The summed E-state index contributed by atoms with van der Waals surface area (Å²) >= 11 is 0. The minimum absolute atomic E-state index is 0.405. The van der Waals surface area contributed by atoms with Crippen LogP contribution in [-0.4, -0.2) is 64.2 Å². The summed E-state index contributed by atoms with van der Waals surface area (Å²) in [6, 6.07) is -0.0552. The first kappa shape index (κ1) is 15.7. The number of nitrogens with two attached hydrogens (primary N) is 1. The van der Waals surface area contributed by atoms with Gasteiger partial charge in [0, 0.05) is 31.1 Å². The van der Waals surface area contributed by atoms with Crippen LogP contribution in [-0.2, 0) is 14.4 Å². The monoisotopic (exact) mass is 299 g/mol. The number of carbonyl (C=O) groups excluding carboxylic acids is 1. The van der Waals surface area contributed by atoms with Crippen LogP contribution in [0.2, 0.25) is 0 Å². The van der Waals surface area contributed by atoms with Gasteiger partial charge in [-0.25, -0.2) is 0 Å². The van der Waals surface area contributed by atoms with Gasteiger partial charge in [-0.3, -0.25) is 14.4 Å². The summed E-state index contributed by atoms with van der Waals surface area (Å²) in [6.45, 7) is 1.93. The van der Waals surface area contributed by atoms with E-state index >= 15 is 0 Å². The molecule has 3 aliphatic heterocycles. The van der Waals surface area contributed by atoms with E-state index in [0.29, 0.717) is 23.9 Å². The summed E-state index contributed by atoms with van der Waals surface area (Å²) in [4.78, 5) is 33.3. The molecular formula is C13H21N3O5. The van der Waals surface area contributed by atoms with E-state index in [1.165, 1.54) is 6.42 Å². The summed E-state index contributed by atoms with van der Waals surface area (Å²) in [5.41, 5.74) is 4.84. The second-order valence-corrected chi connectivity index (χ2v) is 5.86. The zero-order valence-electron chi connectivity index (χ0n) is 11.7. The molecule has 4 rings (SSSR count). The molecule has 0 spiro atoms. The van der Waals surface area contributed by atoms with Gasteiger partial charge in [0.15, 0.2) is 0 Å². The number of hydrogen-bond donors (Lipinski definition) is 4. The standard InChI is InChI=1S/C9H14N2O.C4H7NO4/c12-9(6-1-2-6)11-4-7-3-8(5-11)10-7;5-2(4(8)9)1-3(6)7/h6-8,10H,1-5H2;2H,1,5H2,(H,6,7)(H,8,9)/t;2-/m.0/s1. The van der Waals surface area contributed by atoms with Gasteiger partial charge in [-0.15, -0.1) is 0 Å². The number of carboxylic acid groups (broad SMARTS) is 2. The summed E-state index contributed by atoms with van der Waals surface area (Å²) in [5.74, 6) is -1.67. The largest absolute Gasteiger partial charge is 0.481 e. The number of hydrogen-bond acceptors (Lipinski definition) is 5. The molecule has 8 nitrogen and oxygen atoms in total. The Morgan fingerprint density at radius 2 is 1.71 bits per heavy atom. The second-order valence-electron chi connectivity index (χ2n) is 5.86. The van der Waals surface area contributed by atoms with Crippen LogP contribution in [0.3, 0.4) is 0 Å². The van der Waals surface area contributed by atoms with Crippen LogP contribution < -0.4 is 11.1 Å². The van der Waals surface area contributed by atoms with Gasteiger partial charge < -0.3 is 26.2 Å². The lowest BCUT2D eigenvalue weighted by molar-refractivity contribution is -0.144. The number of rotatable bonds is 4. The zero-order valence-corrected chi connectivity index (χ0v) is 11.7. The number of amides is 1. The Morgan fingerprint density at radius 3 is 2.05 bits per heavy atom. The van der Waals surface area contributed by atoms with Crippen LogP contribution in [0.5, 0.6) is 0 Å². The number of carboxylic acids is 2. The highest BCUT2D eigenvalue weighted by Gasteiger charge is 2.42. The van der Waals surface area contributed by atoms with Crippen molar-refractivity contribution in [3.05, 3.63) is 0 Å². The molecule has 3 atom stereocenters. The first-order valence-corrected chi connectivity index (χ1v) is 7.11.